The Balaban J connectivity index is 1.72. The Morgan fingerprint density at radius 2 is 2.25 bits per heavy atom. The van der Waals surface area contributed by atoms with Crippen molar-refractivity contribution in [1.29, 1.82) is 0 Å². The topological polar surface area (TPSA) is 49.4 Å². The number of hydrogen-bond acceptors (Lipinski definition) is 3. The Morgan fingerprint density at radius 3 is 2.90 bits per heavy atom. The molecule has 5 heteroatoms. The SMILES string of the molecule is CC(Cc1cccs1)N1CCC(=O)NC(C2CC2)C1=O. The third-order valence-corrected chi connectivity index (χ3v) is 5.05. The minimum atomic E-state index is -0.282. The van der Waals surface area contributed by atoms with Gasteiger partial charge in [0, 0.05) is 30.3 Å². The monoisotopic (exact) mass is 292 g/mol. The average molecular weight is 292 g/mol. The van der Waals surface area contributed by atoms with Gasteiger partial charge >= 0.3 is 0 Å². The molecule has 108 valence electrons. The van der Waals surface area contributed by atoms with Crippen molar-refractivity contribution in [3.8, 4) is 0 Å². The first-order valence-corrected chi connectivity index (χ1v) is 8.15. The van der Waals surface area contributed by atoms with Gasteiger partial charge in [-0.1, -0.05) is 6.07 Å². The molecule has 0 aromatic carbocycles. The standard InChI is InChI=1S/C15H20N2O2S/c1-10(9-12-3-2-8-20-12)17-7-6-13(18)16-14(15(17)19)11-4-5-11/h2-3,8,10-11,14H,4-7,9H2,1H3,(H,16,18). The van der Waals surface area contributed by atoms with Crippen molar-refractivity contribution in [3.63, 3.8) is 0 Å². The summed E-state index contributed by atoms with van der Waals surface area (Å²) in [5.41, 5.74) is 0. The van der Waals surface area contributed by atoms with E-state index in [0.29, 0.717) is 18.9 Å². The van der Waals surface area contributed by atoms with Crippen molar-refractivity contribution in [3.05, 3.63) is 22.4 Å². The number of amides is 2. The van der Waals surface area contributed by atoms with Crippen LogP contribution in [0.1, 0.15) is 31.1 Å². The van der Waals surface area contributed by atoms with Crippen molar-refractivity contribution in [2.24, 2.45) is 5.92 Å². The molecule has 2 atom stereocenters. The molecule has 1 aromatic heterocycles. The van der Waals surface area contributed by atoms with Gasteiger partial charge in [0.15, 0.2) is 0 Å². The zero-order chi connectivity index (χ0) is 14.1. The van der Waals surface area contributed by atoms with E-state index in [4.69, 9.17) is 0 Å². The van der Waals surface area contributed by atoms with E-state index in [-0.39, 0.29) is 23.9 Å². The Kier molecular flexibility index (Phi) is 3.78. The molecule has 1 aliphatic carbocycles. The molecule has 2 heterocycles. The van der Waals surface area contributed by atoms with Crippen molar-refractivity contribution in [2.75, 3.05) is 6.54 Å². The molecule has 1 aromatic rings. The number of nitrogens with zero attached hydrogens (tertiary/aromatic N) is 1. The number of hydrogen-bond donors (Lipinski definition) is 1. The van der Waals surface area contributed by atoms with Gasteiger partial charge in [0.2, 0.25) is 11.8 Å². The van der Waals surface area contributed by atoms with E-state index in [9.17, 15) is 9.59 Å². The summed E-state index contributed by atoms with van der Waals surface area (Å²) in [5, 5.41) is 4.97. The lowest BCUT2D eigenvalue weighted by Crippen LogP contribution is -2.49. The summed E-state index contributed by atoms with van der Waals surface area (Å²) in [6, 6.07) is 4.01. The lowest BCUT2D eigenvalue weighted by molar-refractivity contribution is -0.135. The molecule has 3 rings (SSSR count). The molecule has 0 spiro atoms. The number of rotatable bonds is 4. The fraction of sp³-hybridized carbons (Fsp3) is 0.600. The lowest BCUT2D eigenvalue weighted by atomic mass is 10.1. The Hall–Kier alpha value is -1.36. The van der Waals surface area contributed by atoms with E-state index in [1.165, 1.54) is 4.88 Å². The number of carbonyl (C=O) groups excluding carboxylic acids is 2. The lowest BCUT2D eigenvalue weighted by Gasteiger charge is -2.29. The Labute approximate surface area is 123 Å². The van der Waals surface area contributed by atoms with Gasteiger partial charge < -0.3 is 10.2 Å². The maximum Gasteiger partial charge on any atom is 0.245 e. The summed E-state index contributed by atoms with van der Waals surface area (Å²) < 4.78 is 0. The molecule has 1 saturated carbocycles. The Bertz CT molecular complexity index is 496. The van der Waals surface area contributed by atoms with Crippen LogP contribution in [-0.4, -0.2) is 35.3 Å². The fourth-order valence-electron chi connectivity index (χ4n) is 2.83. The maximum atomic E-state index is 12.7. The van der Waals surface area contributed by atoms with Crippen LogP contribution >= 0.6 is 11.3 Å². The summed E-state index contributed by atoms with van der Waals surface area (Å²) in [6.07, 6.45) is 3.41. The zero-order valence-corrected chi connectivity index (χ0v) is 12.5. The van der Waals surface area contributed by atoms with E-state index in [0.717, 1.165) is 19.3 Å². The van der Waals surface area contributed by atoms with Crippen LogP contribution in [0.15, 0.2) is 17.5 Å². The van der Waals surface area contributed by atoms with Crippen LogP contribution < -0.4 is 5.32 Å². The largest absolute Gasteiger partial charge is 0.344 e. The maximum absolute atomic E-state index is 12.7. The predicted octanol–water partition coefficient (Wildman–Crippen LogP) is 1.81. The molecule has 2 aliphatic rings. The Morgan fingerprint density at radius 1 is 1.45 bits per heavy atom. The summed E-state index contributed by atoms with van der Waals surface area (Å²) in [6.45, 7) is 2.62. The molecular formula is C15H20N2O2S. The first kappa shape index (κ1) is 13.6. The highest BCUT2D eigenvalue weighted by Gasteiger charge is 2.41. The molecule has 1 aliphatic heterocycles. The molecule has 4 nitrogen and oxygen atoms in total. The van der Waals surface area contributed by atoms with Crippen LogP contribution in [0.4, 0.5) is 0 Å². The molecule has 2 amide bonds. The zero-order valence-electron chi connectivity index (χ0n) is 11.7. The fourth-order valence-corrected chi connectivity index (χ4v) is 3.66. The van der Waals surface area contributed by atoms with Crippen LogP contribution in [-0.2, 0) is 16.0 Å². The third kappa shape index (κ3) is 2.87. The molecule has 0 radical (unpaired) electrons. The number of carbonyl (C=O) groups is 2. The minimum Gasteiger partial charge on any atom is -0.344 e. The average Bonchev–Trinajstić information content (AvgIpc) is 3.15. The molecule has 1 saturated heterocycles. The predicted molar refractivity (Wildman–Crippen MR) is 78.5 cm³/mol. The van der Waals surface area contributed by atoms with Crippen molar-refractivity contribution in [1.82, 2.24) is 10.2 Å². The summed E-state index contributed by atoms with van der Waals surface area (Å²) in [4.78, 5) is 27.6. The van der Waals surface area contributed by atoms with Crippen molar-refractivity contribution >= 4 is 23.2 Å². The number of thiophene rings is 1. The van der Waals surface area contributed by atoms with Gasteiger partial charge in [-0.05, 0) is 37.1 Å². The molecule has 2 unspecified atom stereocenters. The van der Waals surface area contributed by atoms with Crippen LogP contribution in [0, 0.1) is 5.92 Å². The second-order valence-electron chi connectivity index (χ2n) is 5.80. The van der Waals surface area contributed by atoms with Crippen LogP contribution in [0.3, 0.4) is 0 Å². The highest BCUT2D eigenvalue weighted by atomic mass is 32.1. The van der Waals surface area contributed by atoms with E-state index in [1.54, 1.807) is 11.3 Å². The molecule has 1 N–H and O–H groups in total. The smallest absolute Gasteiger partial charge is 0.245 e. The van der Waals surface area contributed by atoms with Gasteiger partial charge in [-0.25, -0.2) is 0 Å². The third-order valence-electron chi connectivity index (χ3n) is 4.15. The first-order chi connectivity index (χ1) is 9.65. The quantitative estimate of drug-likeness (QED) is 0.920. The van der Waals surface area contributed by atoms with Gasteiger partial charge in [0.25, 0.3) is 0 Å². The van der Waals surface area contributed by atoms with Gasteiger partial charge in [-0.3, -0.25) is 9.59 Å². The summed E-state index contributed by atoms with van der Waals surface area (Å²) in [7, 11) is 0. The van der Waals surface area contributed by atoms with Gasteiger partial charge in [0.05, 0.1) is 0 Å². The first-order valence-electron chi connectivity index (χ1n) is 7.27. The van der Waals surface area contributed by atoms with Crippen LogP contribution in [0.25, 0.3) is 0 Å². The van der Waals surface area contributed by atoms with Crippen LogP contribution in [0.5, 0.6) is 0 Å². The van der Waals surface area contributed by atoms with E-state index < -0.39 is 0 Å². The van der Waals surface area contributed by atoms with E-state index >= 15 is 0 Å². The van der Waals surface area contributed by atoms with E-state index in [2.05, 4.69) is 23.7 Å². The molecule has 2 fully saturated rings. The summed E-state index contributed by atoms with van der Waals surface area (Å²) >= 11 is 1.72. The second-order valence-corrected chi connectivity index (χ2v) is 6.83. The normalized spacial score (nSPS) is 25.2. The van der Waals surface area contributed by atoms with Crippen LogP contribution in [0.2, 0.25) is 0 Å². The molecule has 0 bridgehead atoms. The van der Waals surface area contributed by atoms with Gasteiger partial charge in [-0.15, -0.1) is 11.3 Å². The van der Waals surface area contributed by atoms with Gasteiger partial charge in [0.1, 0.15) is 6.04 Å². The van der Waals surface area contributed by atoms with E-state index in [1.807, 2.05) is 11.0 Å². The molecular weight excluding hydrogens is 272 g/mol. The second kappa shape index (κ2) is 5.56. The molecule has 20 heavy (non-hydrogen) atoms. The van der Waals surface area contributed by atoms with Crippen molar-refractivity contribution < 1.29 is 9.59 Å². The van der Waals surface area contributed by atoms with Crippen molar-refractivity contribution in [2.45, 2.75) is 44.7 Å². The highest BCUT2D eigenvalue weighted by molar-refractivity contribution is 7.09. The number of nitrogens with one attached hydrogen (secondary N) is 1. The highest BCUT2D eigenvalue weighted by Crippen LogP contribution is 2.34. The summed E-state index contributed by atoms with van der Waals surface area (Å²) in [5.74, 6) is 0.490. The minimum absolute atomic E-state index is 0.0149. The van der Waals surface area contributed by atoms with Gasteiger partial charge in [-0.2, -0.15) is 0 Å².